The molecule has 0 bridgehead atoms. The zero-order valence-corrected chi connectivity index (χ0v) is 11.0. The highest BCUT2D eigenvalue weighted by atomic mass is 16.5. The minimum atomic E-state index is -0.263. The van der Waals surface area contributed by atoms with Crippen molar-refractivity contribution < 1.29 is 9.53 Å². The van der Waals surface area contributed by atoms with Crippen LogP contribution in [-0.4, -0.2) is 13.0 Å². The van der Waals surface area contributed by atoms with Crippen LogP contribution in [0.4, 0.5) is 0 Å². The van der Waals surface area contributed by atoms with E-state index in [0.717, 1.165) is 11.3 Å². The number of hydrogen-bond acceptors (Lipinski definition) is 2. The van der Waals surface area contributed by atoms with Crippen molar-refractivity contribution in [3.63, 3.8) is 0 Å². The van der Waals surface area contributed by atoms with E-state index in [1.165, 1.54) is 0 Å². The summed E-state index contributed by atoms with van der Waals surface area (Å²) in [6.45, 7) is 6.35. The summed E-state index contributed by atoms with van der Waals surface area (Å²) in [5, 5.41) is 0. The van der Waals surface area contributed by atoms with Crippen LogP contribution < -0.4 is 10.5 Å². The van der Waals surface area contributed by atoms with E-state index in [0.29, 0.717) is 6.42 Å². The van der Waals surface area contributed by atoms with E-state index in [2.05, 4.69) is 20.8 Å². The minimum absolute atomic E-state index is 0.00359. The monoisotopic (exact) mass is 235 g/mol. The molecule has 3 heteroatoms. The first-order chi connectivity index (χ1) is 7.84. The van der Waals surface area contributed by atoms with E-state index in [1.807, 2.05) is 24.3 Å². The van der Waals surface area contributed by atoms with Crippen molar-refractivity contribution in [2.45, 2.75) is 33.1 Å². The summed E-state index contributed by atoms with van der Waals surface area (Å²) < 4.78 is 5.12. The molecule has 94 valence electrons. The Morgan fingerprint density at radius 2 is 1.82 bits per heavy atom. The highest BCUT2D eigenvalue weighted by molar-refractivity contribution is 5.75. The number of carbonyl (C=O) groups is 1. The number of nitrogens with two attached hydrogens (primary N) is 1. The third-order valence-electron chi connectivity index (χ3n) is 2.97. The van der Waals surface area contributed by atoms with Crippen LogP contribution in [0, 0.1) is 5.41 Å². The zero-order chi connectivity index (χ0) is 13.1. The Bertz CT molecular complexity index is 376. The number of benzene rings is 1. The molecule has 1 aromatic rings. The van der Waals surface area contributed by atoms with Gasteiger partial charge in [-0.3, -0.25) is 4.79 Å². The van der Waals surface area contributed by atoms with Gasteiger partial charge < -0.3 is 10.5 Å². The second-order valence-corrected chi connectivity index (χ2v) is 5.36. The van der Waals surface area contributed by atoms with Gasteiger partial charge in [0.25, 0.3) is 0 Å². The average Bonchev–Trinajstić information content (AvgIpc) is 2.24. The molecular formula is C14H21NO2. The fourth-order valence-electron chi connectivity index (χ4n) is 1.96. The van der Waals surface area contributed by atoms with Crippen molar-refractivity contribution in [1.82, 2.24) is 0 Å². The Hall–Kier alpha value is -1.51. The lowest BCUT2D eigenvalue weighted by Gasteiger charge is -2.30. The van der Waals surface area contributed by atoms with Crippen molar-refractivity contribution in [1.29, 1.82) is 0 Å². The molecule has 0 saturated heterocycles. The average molecular weight is 235 g/mol. The van der Waals surface area contributed by atoms with Crippen molar-refractivity contribution in [2.75, 3.05) is 7.11 Å². The van der Waals surface area contributed by atoms with Crippen molar-refractivity contribution >= 4 is 5.91 Å². The molecular weight excluding hydrogens is 214 g/mol. The van der Waals surface area contributed by atoms with Gasteiger partial charge in [0.2, 0.25) is 5.91 Å². The summed E-state index contributed by atoms with van der Waals surface area (Å²) in [6.07, 6.45) is 0.371. The predicted octanol–water partition coefficient (Wildman–Crippen LogP) is 2.70. The molecule has 1 atom stereocenters. The Kier molecular flexibility index (Phi) is 4.16. The van der Waals surface area contributed by atoms with E-state index in [1.54, 1.807) is 7.11 Å². The largest absolute Gasteiger partial charge is 0.497 e. The Balaban J connectivity index is 3.00. The molecule has 1 unspecified atom stereocenters. The Labute approximate surface area is 103 Å². The third-order valence-corrected chi connectivity index (χ3v) is 2.97. The molecule has 0 spiro atoms. The van der Waals surface area contributed by atoms with Crippen LogP contribution in [0.15, 0.2) is 24.3 Å². The Morgan fingerprint density at radius 3 is 2.18 bits per heavy atom. The van der Waals surface area contributed by atoms with Crippen LogP contribution in [0.3, 0.4) is 0 Å². The second-order valence-electron chi connectivity index (χ2n) is 5.36. The minimum Gasteiger partial charge on any atom is -0.497 e. The first kappa shape index (κ1) is 13.6. The summed E-state index contributed by atoms with van der Waals surface area (Å²) in [5.41, 5.74) is 6.45. The topological polar surface area (TPSA) is 52.3 Å². The van der Waals surface area contributed by atoms with Gasteiger partial charge in [-0.05, 0) is 29.0 Å². The van der Waals surface area contributed by atoms with Gasteiger partial charge in [0.1, 0.15) is 5.75 Å². The normalized spacial score (nSPS) is 13.2. The van der Waals surface area contributed by atoms with Crippen LogP contribution in [-0.2, 0) is 4.79 Å². The first-order valence-electron chi connectivity index (χ1n) is 5.77. The molecule has 1 rings (SSSR count). The SMILES string of the molecule is COc1ccc(C(CC(N)=O)C(C)(C)C)cc1. The summed E-state index contributed by atoms with van der Waals surface area (Å²) >= 11 is 0. The molecule has 0 heterocycles. The van der Waals surface area contributed by atoms with E-state index < -0.39 is 0 Å². The zero-order valence-electron chi connectivity index (χ0n) is 11.0. The van der Waals surface area contributed by atoms with Crippen LogP contribution in [0.2, 0.25) is 0 Å². The highest BCUT2D eigenvalue weighted by Crippen LogP contribution is 2.37. The maximum absolute atomic E-state index is 11.2. The van der Waals surface area contributed by atoms with Gasteiger partial charge in [-0.25, -0.2) is 0 Å². The third kappa shape index (κ3) is 3.77. The molecule has 1 amide bonds. The van der Waals surface area contributed by atoms with Crippen LogP contribution in [0.25, 0.3) is 0 Å². The van der Waals surface area contributed by atoms with Crippen molar-refractivity contribution in [3.05, 3.63) is 29.8 Å². The van der Waals surface area contributed by atoms with E-state index in [4.69, 9.17) is 10.5 Å². The molecule has 0 aliphatic carbocycles. The molecule has 0 radical (unpaired) electrons. The van der Waals surface area contributed by atoms with Gasteiger partial charge in [-0.1, -0.05) is 32.9 Å². The number of rotatable bonds is 4. The molecule has 2 N–H and O–H groups in total. The molecule has 0 aromatic heterocycles. The number of carbonyl (C=O) groups excluding carboxylic acids is 1. The summed E-state index contributed by atoms with van der Waals surface area (Å²) in [7, 11) is 1.64. The summed E-state index contributed by atoms with van der Waals surface area (Å²) in [4.78, 5) is 11.2. The lowest BCUT2D eigenvalue weighted by Crippen LogP contribution is -2.24. The van der Waals surface area contributed by atoms with E-state index in [-0.39, 0.29) is 17.2 Å². The number of hydrogen-bond donors (Lipinski definition) is 1. The molecule has 3 nitrogen and oxygen atoms in total. The summed E-state index contributed by atoms with van der Waals surface area (Å²) in [6, 6.07) is 7.82. The maximum Gasteiger partial charge on any atom is 0.218 e. The fraction of sp³-hybridized carbons (Fsp3) is 0.500. The highest BCUT2D eigenvalue weighted by Gasteiger charge is 2.27. The number of methoxy groups -OCH3 is 1. The lowest BCUT2D eigenvalue weighted by atomic mass is 9.74. The van der Waals surface area contributed by atoms with Crippen LogP contribution in [0.1, 0.15) is 38.7 Å². The fourth-order valence-corrected chi connectivity index (χ4v) is 1.96. The number of primary amides is 1. The van der Waals surface area contributed by atoms with Gasteiger partial charge in [-0.2, -0.15) is 0 Å². The molecule has 0 aliphatic rings. The number of amides is 1. The lowest BCUT2D eigenvalue weighted by molar-refractivity contribution is -0.118. The quantitative estimate of drug-likeness (QED) is 0.872. The molecule has 0 aliphatic heterocycles. The van der Waals surface area contributed by atoms with Gasteiger partial charge in [0, 0.05) is 6.42 Å². The second kappa shape index (κ2) is 5.21. The molecule has 17 heavy (non-hydrogen) atoms. The van der Waals surface area contributed by atoms with Crippen molar-refractivity contribution in [3.8, 4) is 5.75 Å². The van der Waals surface area contributed by atoms with Crippen LogP contribution >= 0.6 is 0 Å². The summed E-state index contributed by atoms with van der Waals surface area (Å²) in [5.74, 6) is 0.687. The number of ether oxygens (including phenoxy) is 1. The van der Waals surface area contributed by atoms with E-state index in [9.17, 15) is 4.79 Å². The van der Waals surface area contributed by atoms with E-state index >= 15 is 0 Å². The standard InChI is InChI=1S/C14H21NO2/c1-14(2,3)12(9-13(15)16)10-5-7-11(17-4)8-6-10/h5-8,12H,9H2,1-4H3,(H2,15,16). The smallest absolute Gasteiger partial charge is 0.218 e. The molecule has 0 saturated carbocycles. The van der Waals surface area contributed by atoms with Crippen LogP contribution in [0.5, 0.6) is 5.75 Å². The predicted molar refractivity (Wildman–Crippen MR) is 69.0 cm³/mol. The Morgan fingerprint density at radius 1 is 1.29 bits per heavy atom. The molecule has 1 aromatic carbocycles. The molecule has 0 fully saturated rings. The first-order valence-corrected chi connectivity index (χ1v) is 5.77. The van der Waals surface area contributed by atoms with Crippen molar-refractivity contribution in [2.24, 2.45) is 11.1 Å². The van der Waals surface area contributed by atoms with Gasteiger partial charge in [-0.15, -0.1) is 0 Å². The maximum atomic E-state index is 11.2. The van der Waals surface area contributed by atoms with Gasteiger partial charge in [0.15, 0.2) is 0 Å². The van der Waals surface area contributed by atoms with Gasteiger partial charge >= 0.3 is 0 Å². The van der Waals surface area contributed by atoms with Gasteiger partial charge in [0.05, 0.1) is 7.11 Å².